The minimum atomic E-state index is -5.13. The zero-order valence-corrected chi connectivity index (χ0v) is 18.0. The second-order valence-corrected chi connectivity index (χ2v) is 7.29. The third kappa shape index (κ3) is 6.15. The lowest BCUT2D eigenvalue weighted by atomic mass is 10.1. The number of aliphatic imine (C=N–C) groups is 1. The number of nitrogens with one attached hydrogen (secondary N) is 2. The lowest BCUT2D eigenvalue weighted by Gasteiger charge is -2.33. The number of nitrogens with zero attached hydrogens (tertiary/aromatic N) is 3. The normalized spacial score (nSPS) is 15.9. The van der Waals surface area contributed by atoms with Crippen LogP contribution in [-0.2, 0) is 9.53 Å². The summed E-state index contributed by atoms with van der Waals surface area (Å²) in [7, 11) is 0. The highest BCUT2D eigenvalue weighted by molar-refractivity contribution is 6.08. The second-order valence-electron chi connectivity index (χ2n) is 7.29. The van der Waals surface area contributed by atoms with Crippen molar-refractivity contribution >= 4 is 29.8 Å². The minimum Gasteiger partial charge on any atom is -0.377 e. The van der Waals surface area contributed by atoms with Gasteiger partial charge in [0.15, 0.2) is 0 Å². The van der Waals surface area contributed by atoms with Crippen LogP contribution in [0.15, 0.2) is 53.5 Å². The Morgan fingerprint density at radius 3 is 2.46 bits per heavy atom. The predicted octanol–water partition coefficient (Wildman–Crippen LogP) is 2.31. The van der Waals surface area contributed by atoms with Gasteiger partial charge in [0.1, 0.15) is 5.84 Å². The monoisotopic (exact) mass is 485 g/mol. The number of benzene rings is 2. The van der Waals surface area contributed by atoms with Crippen molar-refractivity contribution in [3.8, 4) is 6.07 Å². The first-order valence-electron chi connectivity index (χ1n) is 10.2. The molecule has 2 aromatic carbocycles. The molecule has 12 heteroatoms. The summed E-state index contributed by atoms with van der Waals surface area (Å²) in [6.45, 7) is 0.590. The molecule has 2 N–H and O–H groups in total. The van der Waals surface area contributed by atoms with Crippen molar-refractivity contribution in [2.45, 2.75) is 12.2 Å². The van der Waals surface area contributed by atoms with Crippen LogP contribution in [0.3, 0.4) is 0 Å². The Morgan fingerprint density at radius 2 is 1.80 bits per heavy atom. The molecule has 1 saturated heterocycles. The average Bonchev–Trinajstić information content (AvgIpc) is 2.86. The van der Waals surface area contributed by atoms with Crippen LogP contribution in [0.1, 0.15) is 31.8 Å². The molecule has 3 rings (SSSR count). The molecule has 0 aliphatic carbocycles. The number of amidine groups is 1. The SMILES string of the molecule is N#Cc1ccccc1C(=O)N1CCOCC1C=NC(=O)c1ccc(C(=N)NC(=O)C(F)(F)F)cc1. The van der Waals surface area contributed by atoms with Gasteiger partial charge in [-0.05, 0) is 24.3 Å². The number of carbonyl (C=O) groups is 3. The maximum atomic E-state index is 13.0. The number of amides is 3. The maximum absolute atomic E-state index is 13.0. The van der Waals surface area contributed by atoms with Crippen molar-refractivity contribution in [3.63, 3.8) is 0 Å². The van der Waals surface area contributed by atoms with E-state index in [1.54, 1.807) is 12.1 Å². The molecule has 0 spiro atoms. The Hall–Kier alpha value is -4.37. The third-order valence-electron chi connectivity index (χ3n) is 4.98. The molecule has 9 nitrogen and oxygen atoms in total. The molecule has 0 radical (unpaired) electrons. The minimum absolute atomic E-state index is 0.0447. The fraction of sp³-hybridized carbons (Fsp3) is 0.217. The average molecular weight is 485 g/mol. The molecule has 1 aliphatic heterocycles. The first-order valence-corrected chi connectivity index (χ1v) is 10.2. The number of hydrogen-bond acceptors (Lipinski definition) is 6. The lowest BCUT2D eigenvalue weighted by Crippen LogP contribution is -2.49. The Bertz CT molecular complexity index is 1220. The summed E-state index contributed by atoms with van der Waals surface area (Å²) in [6, 6.07) is 12.5. The van der Waals surface area contributed by atoms with E-state index in [-0.39, 0.29) is 42.0 Å². The molecule has 0 saturated carbocycles. The van der Waals surface area contributed by atoms with Crippen LogP contribution in [0.25, 0.3) is 0 Å². The summed E-state index contributed by atoms with van der Waals surface area (Å²) in [4.78, 5) is 41.7. The van der Waals surface area contributed by atoms with Crippen LogP contribution in [0.2, 0.25) is 0 Å². The number of halogens is 3. The number of nitriles is 1. The van der Waals surface area contributed by atoms with E-state index < -0.39 is 35.8 Å². The van der Waals surface area contributed by atoms with E-state index >= 15 is 0 Å². The predicted molar refractivity (Wildman–Crippen MR) is 117 cm³/mol. The van der Waals surface area contributed by atoms with Crippen LogP contribution in [-0.4, -0.2) is 66.6 Å². The zero-order chi connectivity index (χ0) is 25.6. The van der Waals surface area contributed by atoms with E-state index in [0.717, 1.165) is 0 Å². The highest BCUT2D eigenvalue weighted by atomic mass is 19.4. The number of ether oxygens (including phenoxy) is 1. The van der Waals surface area contributed by atoms with Crippen LogP contribution in [0.4, 0.5) is 13.2 Å². The first kappa shape index (κ1) is 25.3. The van der Waals surface area contributed by atoms with Gasteiger partial charge in [-0.25, -0.2) is 4.99 Å². The largest absolute Gasteiger partial charge is 0.471 e. The van der Waals surface area contributed by atoms with Crippen LogP contribution >= 0.6 is 0 Å². The van der Waals surface area contributed by atoms with E-state index in [1.165, 1.54) is 52.8 Å². The molecule has 1 aliphatic rings. The first-order chi connectivity index (χ1) is 16.6. The summed E-state index contributed by atoms with van der Waals surface area (Å²) in [5, 5.41) is 18.3. The van der Waals surface area contributed by atoms with Crippen molar-refractivity contribution in [2.75, 3.05) is 19.8 Å². The van der Waals surface area contributed by atoms with E-state index in [9.17, 15) is 32.8 Å². The Balaban J connectivity index is 1.70. The van der Waals surface area contributed by atoms with E-state index in [1.807, 2.05) is 6.07 Å². The quantitative estimate of drug-likeness (QED) is 0.506. The standard InChI is InChI=1S/C23H18F3N5O4/c24-23(25,26)22(34)30-19(28)14-5-7-15(8-6-14)20(32)29-12-17-13-35-10-9-31(17)21(33)18-4-2-1-3-16(18)11-27/h1-8,12,17H,9-10,13H2,(H2,28,30,34). The number of carbonyl (C=O) groups excluding carboxylic acids is 3. The van der Waals surface area contributed by atoms with Crippen molar-refractivity contribution in [2.24, 2.45) is 4.99 Å². The molecule has 180 valence electrons. The highest BCUT2D eigenvalue weighted by Crippen LogP contribution is 2.16. The third-order valence-corrected chi connectivity index (χ3v) is 4.98. The topological polar surface area (TPSA) is 136 Å². The summed E-state index contributed by atoms with van der Waals surface area (Å²) in [6.07, 6.45) is -3.88. The van der Waals surface area contributed by atoms with Crippen LogP contribution in [0.5, 0.6) is 0 Å². The molecule has 1 atom stereocenters. The fourth-order valence-electron chi connectivity index (χ4n) is 3.18. The molecule has 0 bridgehead atoms. The van der Waals surface area contributed by atoms with Crippen molar-refractivity contribution < 1.29 is 32.3 Å². The van der Waals surface area contributed by atoms with Gasteiger partial charge < -0.3 is 15.0 Å². The molecular formula is C23H18F3N5O4. The van der Waals surface area contributed by atoms with E-state index in [2.05, 4.69) is 4.99 Å². The van der Waals surface area contributed by atoms with Gasteiger partial charge >= 0.3 is 12.1 Å². The van der Waals surface area contributed by atoms with E-state index in [4.69, 9.17) is 10.1 Å². The molecule has 1 fully saturated rings. The van der Waals surface area contributed by atoms with Gasteiger partial charge in [0.05, 0.1) is 36.5 Å². The molecule has 35 heavy (non-hydrogen) atoms. The molecule has 3 amide bonds. The van der Waals surface area contributed by atoms with Gasteiger partial charge in [0.25, 0.3) is 11.8 Å². The van der Waals surface area contributed by atoms with Gasteiger partial charge in [-0.15, -0.1) is 0 Å². The molecule has 0 aromatic heterocycles. The van der Waals surface area contributed by atoms with Crippen molar-refractivity contribution in [1.82, 2.24) is 10.2 Å². The van der Waals surface area contributed by atoms with Crippen molar-refractivity contribution in [3.05, 3.63) is 70.8 Å². The number of alkyl halides is 3. The molecule has 1 heterocycles. The fourth-order valence-corrected chi connectivity index (χ4v) is 3.18. The van der Waals surface area contributed by atoms with Gasteiger partial charge in [0.2, 0.25) is 0 Å². The maximum Gasteiger partial charge on any atom is 0.471 e. The van der Waals surface area contributed by atoms with Crippen molar-refractivity contribution in [1.29, 1.82) is 10.7 Å². The number of rotatable bonds is 4. The Morgan fingerprint density at radius 1 is 1.14 bits per heavy atom. The lowest BCUT2D eigenvalue weighted by molar-refractivity contribution is -0.171. The van der Waals surface area contributed by atoms with Crippen LogP contribution in [0, 0.1) is 16.7 Å². The molecule has 1 unspecified atom stereocenters. The van der Waals surface area contributed by atoms with Gasteiger partial charge in [-0.2, -0.15) is 18.4 Å². The second kappa shape index (κ2) is 10.7. The summed E-state index contributed by atoms with van der Waals surface area (Å²) in [5.74, 6) is -4.16. The van der Waals surface area contributed by atoms with Gasteiger partial charge in [-0.3, -0.25) is 19.8 Å². The summed E-state index contributed by atoms with van der Waals surface area (Å²) < 4.78 is 42.4. The Labute approximate surface area is 197 Å². The molecule has 2 aromatic rings. The zero-order valence-electron chi connectivity index (χ0n) is 18.0. The Kier molecular flexibility index (Phi) is 7.73. The summed E-state index contributed by atoms with van der Waals surface area (Å²) >= 11 is 0. The highest BCUT2D eigenvalue weighted by Gasteiger charge is 2.39. The van der Waals surface area contributed by atoms with Gasteiger partial charge in [0, 0.05) is 23.9 Å². The summed E-state index contributed by atoms with van der Waals surface area (Å²) in [5.41, 5.74) is 0.464. The number of hydrogen-bond donors (Lipinski definition) is 2. The smallest absolute Gasteiger partial charge is 0.377 e. The molecular weight excluding hydrogens is 467 g/mol. The number of morpholine rings is 1. The van der Waals surface area contributed by atoms with Crippen LogP contribution < -0.4 is 5.32 Å². The van der Waals surface area contributed by atoms with Gasteiger partial charge in [-0.1, -0.05) is 24.3 Å². The van der Waals surface area contributed by atoms with E-state index in [0.29, 0.717) is 0 Å².